The van der Waals surface area contributed by atoms with E-state index in [-0.39, 0.29) is 16.3 Å². The molecule has 1 N–H and O–H groups in total. The van der Waals surface area contributed by atoms with Crippen LogP contribution in [-0.4, -0.2) is 6.54 Å². The highest BCUT2D eigenvalue weighted by atomic mass is 79.9. The van der Waals surface area contributed by atoms with E-state index in [4.69, 9.17) is 0 Å². The summed E-state index contributed by atoms with van der Waals surface area (Å²) in [5.41, 5.74) is 0.459. The topological polar surface area (TPSA) is 12.0 Å². The molecular weight excluding hydrogens is 312 g/mol. The lowest BCUT2D eigenvalue weighted by molar-refractivity contribution is 0.258. The van der Waals surface area contributed by atoms with Gasteiger partial charge in [-0.3, -0.25) is 0 Å². The van der Waals surface area contributed by atoms with Crippen molar-refractivity contribution in [1.82, 2.24) is 5.32 Å². The maximum atomic E-state index is 14.0. The molecule has 0 amide bonds. The van der Waals surface area contributed by atoms with E-state index in [1.807, 2.05) is 0 Å². The summed E-state index contributed by atoms with van der Waals surface area (Å²) in [6.45, 7) is 2.90. The van der Waals surface area contributed by atoms with E-state index < -0.39 is 5.82 Å². The summed E-state index contributed by atoms with van der Waals surface area (Å²) in [5, 5.41) is 3.35. The first kappa shape index (κ1) is 14.9. The molecule has 0 bridgehead atoms. The van der Waals surface area contributed by atoms with E-state index in [1.165, 1.54) is 31.4 Å². The van der Waals surface area contributed by atoms with Crippen LogP contribution in [0.4, 0.5) is 8.78 Å². The van der Waals surface area contributed by atoms with Crippen LogP contribution in [0, 0.1) is 17.6 Å². The van der Waals surface area contributed by atoms with Crippen molar-refractivity contribution in [2.45, 2.75) is 45.1 Å². The number of halogens is 3. The van der Waals surface area contributed by atoms with Crippen LogP contribution in [0.1, 0.15) is 50.6 Å². The van der Waals surface area contributed by atoms with Gasteiger partial charge in [-0.25, -0.2) is 8.78 Å². The zero-order chi connectivity index (χ0) is 13.8. The van der Waals surface area contributed by atoms with Crippen LogP contribution in [0.15, 0.2) is 16.6 Å². The van der Waals surface area contributed by atoms with Gasteiger partial charge < -0.3 is 5.32 Å². The van der Waals surface area contributed by atoms with Crippen LogP contribution >= 0.6 is 15.9 Å². The van der Waals surface area contributed by atoms with Gasteiger partial charge in [-0.15, -0.1) is 0 Å². The highest BCUT2D eigenvalue weighted by Crippen LogP contribution is 2.36. The highest BCUT2D eigenvalue weighted by molar-refractivity contribution is 9.10. The number of nitrogens with one attached hydrogen (secondary N) is 1. The molecule has 1 aromatic carbocycles. The summed E-state index contributed by atoms with van der Waals surface area (Å²) < 4.78 is 27.9. The van der Waals surface area contributed by atoms with Crippen LogP contribution < -0.4 is 5.32 Å². The maximum Gasteiger partial charge on any atom is 0.137 e. The summed E-state index contributed by atoms with van der Waals surface area (Å²) in [7, 11) is 0. The molecule has 1 aliphatic rings. The van der Waals surface area contributed by atoms with Gasteiger partial charge in [-0.2, -0.15) is 0 Å². The van der Waals surface area contributed by atoms with Crippen LogP contribution in [0.2, 0.25) is 0 Å². The lowest BCUT2D eigenvalue weighted by Crippen LogP contribution is -2.27. The molecule has 1 nitrogen and oxygen atoms in total. The summed E-state index contributed by atoms with van der Waals surface area (Å²) >= 11 is 3.02. The summed E-state index contributed by atoms with van der Waals surface area (Å²) in [6, 6.07) is 2.48. The molecule has 106 valence electrons. The van der Waals surface area contributed by atoms with E-state index in [9.17, 15) is 8.78 Å². The fraction of sp³-hybridized carbons (Fsp3) is 0.600. The largest absolute Gasteiger partial charge is 0.310 e. The zero-order valence-electron chi connectivity index (χ0n) is 11.2. The van der Waals surface area contributed by atoms with Crippen molar-refractivity contribution < 1.29 is 8.78 Å². The fourth-order valence-electron chi connectivity index (χ4n) is 2.51. The zero-order valence-corrected chi connectivity index (χ0v) is 12.8. The van der Waals surface area contributed by atoms with Gasteiger partial charge >= 0.3 is 0 Å². The van der Waals surface area contributed by atoms with Crippen LogP contribution in [0.5, 0.6) is 0 Å². The quantitative estimate of drug-likeness (QED) is 0.726. The van der Waals surface area contributed by atoms with Crippen molar-refractivity contribution >= 4 is 15.9 Å². The molecule has 4 heteroatoms. The Kier molecular flexibility index (Phi) is 5.34. The SMILES string of the molecule is CCCNC(CC1CCC1)c1cc(F)c(Br)cc1F. The molecule has 1 atom stereocenters. The van der Waals surface area contributed by atoms with E-state index in [0.717, 1.165) is 19.4 Å². The van der Waals surface area contributed by atoms with Gasteiger partial charge in [0.2, 0.25) is 0 Å². The summed E-state index contributed by atoms with van der Waals surface area (Å²) in [4.78, 5) is 0. The Hall–Kier alpha value is -0.480. The molecule has 0 heterocycles. The van der Waals surface area contributed by atoms with Gasteiger partial charge in [-0.05, 0) is 53.4 Å². The standard InChI is InChI=1S/C15H20BrF2N/c1-2-6-19-15(7-10-4-3-5-10)11-8-14(18)12(16)9-13(11)17/h8-10,15,19H,2-7H2,1H3. The van der Waals surface area contributed by atoms with Crippen molar-refractivity contribution in [3.63, 3.8) is 0 Å². The average molecular weight is 332 g/mol. The summed E-state index contributed by atoms with van der Waals surface area (Å²) in [6.07, 6.45) is 5.58. The maximum absolute atomic E-state index is 14.0. The van der Waals surface area contributed by atoms with Crippen LogP contribution in [0.25, 0.3) is 0 Å². The molecule has 0 aromatic heterocycles. The minimum atomic E-state index is -0.395. The molecule has 1 fully saturated rings. The van der Waals surface area contributed by atoms with Gasteiger partial charge in [0, 0.05) is 11.6 Å². The van der Waals surface area contributed by atoms with Gasteiger partial charge in [-0.1, -0.05) is 26.2 Å². The van der Waals surface area contributed by atoms with Gasteiger partial charge in [0.15, 0.2) is 0 Å². The first-order valence-corrected chi connectivity index (χ1v) is 7.79. The van der Waals surface area contributed by atoms with Crippen LogP contribution in [0.3, 0.4) is 0 Å². The van der Waals surface area contributed by atoms with Gasteiger partial charge in [0.05, 0.1) is 4.47 Å². The Morgan fingerprint density at radius 1 is 1.32 bits per heavy atom. The second-order valence-corrected chi connectivity index (χ2v) is 6.18. The second kappa shape index (κ2) is 6.80. The Bertz CT molecular complexity index is 432. The van der Waals surface area contributed by atoms with Crippen molar-refractivity contribution in [3.05, 3.63) is 33.8 Å². The van der Waals surface area contributed by atoms with Crippen molar-refractivity contribution in [3.8, 4) is 0 Å². The molecule has 2 rings (SSSR count). The molecule has 0 aliphatic heterocycles. The molecule has 1 saturated carbocycles. The smallest absolute Gasteiger partial charge is 0.137 e. The molecular formula is C15H20BrF2N. The number of hydrogen-bond donors (Lipinski definition) is 1. The molecule has 0 spiro atoms. The Balaban J connectivity index is 2.17. The molecule has 0 radical (unpaired) electrons. The fourth-order valence-corrected chi connectivity index (χ4v) is 2.82. The monoisotopic (exact) mass is 331 g/mol. The Morgan fingerprint density at radius 2 is 2.05 bits per heavy atom. The van der Waals surface area contributed by atoms with E-state index in [2.05, 4.69) is 28.2 Å². The number of benzene rings is 1. The van der Waals surface area contributed by atoms with Crippen LogP contribution in [-0.2, 0) is 0 Å². The molecule has 1 aromatic rings. The normalized spacial score (nSPS) is 17.3. The first-order valence-electron chi connectivity index (χ1n) is 6.99. The van der Waals surface area contributed by atoms with E-state index in [0.29, 0.717) is 11.5 Å². The highest BCUT2D eigenvalue weighted by Gasteiger charge is 2.25. The molecule has 19 heavy (non-hydrogen) atoms. The predicted molar refractivity (Wildman–Crippen MR) is 77.1 cm³/mol. The minimum Gasteiger partial charge on any atom is -0.310 e. The molecule has 1 unspecified atom stereocenters. The number of hydrogen-bond acceptors (Lipinski definition) is 1. The average Bonchev–Trinajstić information content (AvgIpc) is 2.32. The van der Waals surface area contributed by atoms with Crippen molar-refractivity contribution in [2.75, 3.05) is 6.54 Å². The van der Waals surface area contributed by atoms with Gasteiger partial charge in [0.1, 0.15) is 11.6 Å². The Labute approximate surface area is 121 Å². The molecule has 0 saturated heterocycles. The van der Waals surface area contributed by atoms with Gasteiger partial charge in [0.25, 0.3) is 0 Å². The van der Waals surface area contributed by atoms with Crippen molar-refractivity contribution in [2.24, 2.45) is 5.92 Å². The minimum absolute atomic E-state index is 0.0761. The first-order chi connectivity index (χ1) is 9.11. The number of rotatable bonds is 6. The Morgan fingerprint density at radius 3 is 2.63 bits per heavy atom. The lowest BCUT2D eigenvalue weighted by Gasteiger charge is -2.30. The van der Waals surface area contributed by atoms with Crippen molar-refractivity contribution in [1.29, 1.82) is 0 Å². The molecule has 1 aliphatic carbocycles. The third kappa shape index (κ3) is 3.76. The third-order valence-corrected chi connectivity index (χ3v) is 4.46. The summed E-state index contributed by atoms with van der Waals surface area (Å²) in [5.74, 6) is -0.0741. The predicted octanol–water partition coefficient (Wildman–Crippen LogP) is 4.96. The lowest BCUT2D eigenvalue weighted by atomic mass is 9.79. The third-order valence-electron chi connectivity index (χ3n) is 3.85. The second-order valence-electron chi connectivity index (χ2n) is 5.33. The van der Waals surface area contributed by atoms with E-state index >= 15 is 0 Å². The van der Waals surface area contributed by atoms with E-state index in [1.54, 1.807) is 0 Å².